The predicted octanol–water partition coefficient (Wildman–Crippen LogP) is 2.98. The van der Waals surface area contributed by atoms with Gasteiger partial charge in [0.15, 0.2) is 5.82 Å². The molecular formula is C20H33N5O4. The highest BCUT2D eigenvalue weighted by atomic mass is 16.5. The third-order valence-corrected chi connectivity index (χ3v) is 3.59. The fourth-order valence-electron chi connectivity index (χ4n) is 2.29. The van der Waals surface area contributed by atoms with Gasteiger partial charge in [0.2, 0.25) is 0 Å². The van der Waals surface area contributed by atoms with Crippen LogP contribution in [0.4, 0.5) is 27.8 Å². The fourth-order valence-corrected chi connectivity index (χ4v) is 2.29. The van der Waals surface area contributed by atoms with Gasteiger partial charge in [-0.05, 0) is 26.3 Å². The van der Waals surface area contributed by atoms with E-state index in [0.29, 0.717) is 5.69 Å². The van der Waals surface area contributed by atoms with Crippen LogP contribution in [0.5, 0.6) is 0 Å². The normalized spacial score (nSPS) is 11.8. The molecular weight excluding hydrogens is 374 g/mol. The fraction of sp³-hybridized carbons (Fsp3) is 0.400. The molecule has 2 rings (SSSR count). The van der Waals surface area contributed by atoms with Crippen molar-refractivity contribution in [3.63, 3.8) is 0 Å². The molecule has 8 N–H and O–H groups in total. The molecule has 2 atom stereocenters. The lowest BCUT2D eigenvalue weighted by Gasteiger charge is -2.23. The standard InChI is InChI=1S/C17H23N5O3.C2H6O.CH4/c1-3-25-17(24)22-13-9-12(14(18)16(19)21-13)20-10(2)15(23)11-7-5-4-6-8-11;1-2-3;/h4-10,15,23H,3,18H2,1-2H3,(H4,19,20,21,22,24);3H,2H2,1H3;1H4/t10-,15-;;/m1../s1. The summed E-state index contributed by atoms with van der Waals surface area (Å²) in [4.78, 5) is 15.5. The van der Waals surface area contributed by atoms with Crippen LogP contribution in [0.1, 0.15) is 39.9 Å². The van der Waals surface area contributed by atoms with E-state index in [1.165, 1.54) is 6.07 Å². The van der Waals surface area contributed by atoms with E-state index in [2.05, 4.69) is 15.6 Å². The summed E-state index contributed by atoms with van der Waals surface area (Å²) in [6.07, 6.45) is -1.39. The topological polar surface area (TPSA) is 156 Å². The number of ether oxygens (including phenoxy) is 1. The molecule has 1 heterocycles. The molecule has 9 nitrogen and oxygen atoms in total. The third-order valence-electron chi connectivity index (χ3n) is 3.59. The maximum Gasteiger partial charge on any atom is 0.412 e. The second-order valence-electron chi connectivity index (χ2n) is 5.80. The summed E-state index contributed by atoms with van der Waals surface area (Å²) in [5.41, 5.74) is 13.2. The van der Waals surface area contributed by atoms with Gasteiger partial charge in [-0.2, -0.15) is 0 Å². The minimum absolute atomic E-state index is 0. The van der Waals surface area contributed by atoms with Crippen LogP contribution >= 0.6 is 0 Å². The van der Waals surface area contributed by atoms with Crippen LogP contribution in [0.3, 0.4) is 0 Å². The zero-order valence-electron chi connectivity index (χ0n) is 16.3. The minimum Gasteiger partial charge on any atom is -0.450 e. The van der Waals surface area contributed by atoms with E-state index in [1.54, 1.807) is 13.8 Å². The van der Waals surface area contributed by atoms with Gasteiger partial charge in [-0.15, -0.1) is 0 Å². The maximum absolute atomic E-state index is 11.5. The number of aliphatic hydroxyl groups excluding tert-OH is 2. The summed E-state index contributed by atoms with van der Waals surface area (Å²) in [7, 11) is 0. The van der Waals surface area contributed by atoms with Gasteiger partial charge in [0, 0.05) is 12.7 Å². The largest absolute Gasteiger partial charge is 0.450 e. The van der Waals surface area contributed by atoms with Crippen molar-refractivity contribution >= 4 is 29.1 Å². The highest BCUT2D eigenvalue weighted by Crippen LogP contribution is 2.29. The molecule has 0 aliphatic heterocycles. The van der Waals surface area contributed by atoms with Crippen LogP contribution in [-0.4, -0.2) is 40.5 Å². The van der Waals surface area contributed by atoms with Gasteiger partial charge in [-0.1, -0.05) is 37.8 Å². The minimum atomic E-state index is -0.753. The van der Waals surface area contributed by atoms with Crippen molar-refractivity contribution in [2.45, 2.75) is 40.3 Å². The number of aliphatic hydroxyl groups is 2. The van der Waals surface area contributed by atoms with E-state index in [4.69, 9.17) is 21.3 Å². The molecule has 2 aromatic rings. The van der Waals surface area contributed by atoms with Crippen LogP contribution in [0.15, 0.2) is 36.4 Å². The van der Waals surface area contributed by atoms with Crippen molar-refractivity contribution in [2.75, 3.05) is 35.3 Å². The number of amides is 1. The first-order chi connectivity index (χ1) is 13.3. The molecule has 0 saturated carbocycles. The SMILES string of the molecule is C.CCO.CCOC(=O)Nc1cc(N[C@H](C)[C@@H](O)c2ccccc2)c(N)c(N)n1. The zero-order chi connectivity index (χ0) is 21.1. The molecule has 29 heavy (non-hydrogen) atoms. The van der Waals surface area contributed by atoms with E-state index in [0.717, 1.165) is 5.56 Å². The summed E-state index contributed by atoms with van der Waals surface area (Å²) in [6.45, 7) is 5.68. The summed E-state index contributed by atoms with van der Waals surface area (Å²) in [6, 6.07) is 10.4. The number of benzene rings is 1. The van der Waals surface area contributed by atoms with Crippen LogP contribution in [0.25, 0.3) is 0 Å². The first-order valence-electron chi connectivity index (χ1n) is 8.94. The Balaban J connectivity index is 0.00000184. The molecule has 0 bridgehead atoms. The van der Waals surface area contributed by atoms with E-state index < -0.39 is 12.2 Å². The molecule has 162 valence electrons. The molecule has 1 aromatic heterocycles. The lowest BCUT2D eigenvalue weighted by molar-refractivity contribution is 0.160. The molecule has 0 spiro atoms. The first kappa shape index (κ1) is 26.0. The van der Waals surface area contributed by atoms with Crippen LogP contribution in [-0.2, 0) is 4.74 Å². The number of rotatable bonds is 6. The quantitative estimate of drug-likeness (QED) is 0.427. The number of carbonyl (C=O) groups excluding carboxylic acids is 1. The Morgan fingerprint density at radius 3 is 2.38 bits per heavy atom. The molecule has 0 fully saturated rings. The van der Waals surface area contributed by atoms with Gasteiger partial charge in [0.05, 0.1) is 30.1 Å². The molecule has 0 aliphatic carbocycles. The van der Waals surface area contributed by atoms with Gasteiger partial charge in [-0.25, -0.2) is 9.78 Å². The van der Waals surface area contributed by atoms with Crippen molar-refractivity contribution < 1.29 is 19.7 Å². The Hall–Kier alpha value is -3.04. The molecule has 0 saturated heterocycles. The van der Waals surface area contributed by atoms with Crippen LogP contribution in [0.2, 0.25) is 0 Å². The summed E-state index contributed by atoms with van der Waals surface area (Å²) in [5, 5.41) is 23.6. The Bertz CT molecular complexity index is 743. The van der Waals surface area contributed by atoms with Crippen molar-refractivity contribution in [1.29, 1.82) is 0 Å². The van der Waals surface area contributed by atoms with Crippen molar-refractivity contribution in [1.82, 2.24) is 4.98 Å². The third kappa shape index (κ3) is 8.24. The summed E-state index contributed by atoms with van der Waals surface area (Å²) >= 11 is 0. The molecule has 0 unspecified atom stereocenters. The van der Waals surface area contributed by atoms with Gasteiger partial charge < -0.3 is 31.7 Å². The second kappa shape index (κ2) is 13.2. The Morgan fingerprint density at radius 1 is 1.24 bits per heavy atom. The lowest BCUT2D eigenvalue weighted by atomic mass is 10.0. The van der Waals surface area contributed by atoms with E-state index >= 15 is 0 Å². The van der Waals surface area contributed by atoms with Crippen molar-refractivity contribution in [3.05, 3.63) is 42.0 Å². The molecule has 0 aliphatic rings. The van der Waals surface area contributed by atoms with Crippen LogP contribution in [0, 0.1) is 0 Å². The Morgan fingerprint density at radius 2 is 1.83 bits per heavy atom. The monoisotopic (exact) mass is 407 g/mol. The van der Waals surface area contributed by atoms with Crippen molar-refractivity contribution in [3.8, 4) is 0 Å². The summed E-state index contributed by atoms with van der Waals surface area (Å²) < 4.78 is 4.81. The van der Waals surface area contributed by atoms with E-state index in [9.17, 15) is 9.90 Å². The zero-order valence-corrected chi connectivity index (χ0v) is 16.3. The summed E-state index contributed by atoms with van der Waals surface area (Å²) in [5.74, 6) is 0.271. The van der Waals surface area contributed by atoms with Gasteiger partial charge in [0.1, 0.15) is 5.82 Å². The number of aromatic nitrogens is 1. The predicted molar refractivity (Wildman–Crippen MR) is 118 cm³/mol. The molecule has 0 radical (unpaired) electrons. The van der Waals surface area contributed by atoms with Gasteiger partial charge >= 0.3 is 6.09 Å². The van der Waals surface area contributed by atoms with Gasteiger partial charge in [-0.3, -0.25) is 5.32 Å². The average Bonchev–Trinajstić information content (AvgIpc) is 2.66. The smallest absolute Gasteiger partial charge is 0.412 e. The number of hydrogen-bond acceptors (Lipinski definition) is 8. The molecule has 1 amide bonds. The highest BCUT2D eigenvalue weighted by molar-refractivity contribution is 5.87. The number of hydrogen-bond donors (Lipinski definition) is 6. The Kier molecular flexibility index (Phi) is 11.8. The highest BCUT2D eigenvalue weighted by Gasteiger charge is 2.18. The number of nitrogens with two attached hydrogens (primary N) is 2. The van der Waals surface area contributed by atoms with Gasteiger partial charge in [0.25, 0.3) is 0 Å². The maximum atomic E-state index is 11.5. The number of nitrogens with one attached hydrogen (secondary N) is 2. The van der Waals surface area contributed by atoms with Crippen molar-refractivity contribution in [2.24, 2.45) is 0 Å². The second-order valence-corrected chi connectivity index (χ2v) is 5.80. The average molecular weight is 408 g/mol. The number of carbonyl (C=O) groups is 1. The first-order valence-corrected chi connectivity index (χ1v) is 8.94. The molecule has 1 aromatic carbocycles. The van der Waals surface area contributed by atoms with E-state index in [-0.39, 0.29) is 44.0 Å². The van der Waals surface area contributed by atoms with Crippen LogP contribution < -0.4 is 22.1 Å². The van der Waals surface area contributed by atoms with E-state index in [1.807, 2.05) is 37.3 Å². The number of anilines is 4. The number of nitrogen functional groups attached to an aromatic ring is 2. The molecule has 9 heteroatoms. The Labute approximate surface area is 172 Å². The number of pyridine rings is 1. The number of nitrogens with zero attached hydrogens (tertiary/aromatic N) is 1. The lowest BCUT2D eigenvalue weighted by Crippen LogP contribution is -2.25.